The van der Waals surface area contributed by atoms with E-state index < -0.39 is 17.7 Å². The number of ether oxygens (including phenoxy) is 1. The fraction of sp³-hybridized carbons (Fsp3) is 0.467. The number of hydrogen-bond donors (Lipinski definition) is 1. The second kappa shape index (κ2) is 9.88. The zero-order chi connectivity index (χ0) is 25.3. The molecular weight excluding hydrogens is 438 g/mol. The molecule has 1 atom stereocenters. The minimum absolute atomic E-state index is 0.000209. The van der Waals surface area contributed by atoms with Crippen LogP contribution in [0.5, 0.6) is 5.75 Å². The zero-order valence-corrected chi connectivity index (χ0v) is 21.6. The number of hydrogen-bond acceptors (Lipinski definition) is 4. The number of likely N-dealkylation sites (tertiary alicyclic amines) is 1. The third-order valence-electron chi connectivity index (χ3n) is 7.23. The first-order valence-electron chi connectivity index (χ1n) is 12.8. The minimum atomic E-state index is -0.615. The van der Waals surface area contributed by atoms with E-state index in [1.54, 1.807) is 4.90 Å². The maximum absolute atomic E-state index is 13.4. The Bertz CT molecular complexity index is 1130. The highest BCUT2D eigenvalue weighted by molar-refractivity contribution is 6.46. The molecule has 2 fully saturated rings. The Morgan fingerprint density at radius 2 is 1.71 bits per heavy atom. The van der Waals surface area contributed by atoms with Gasteiger partial charge in [-0.2, -0.15) is 0 Å². The Morgan fingerprint density at radius 1 is 1.06 bits per heavy atom. The lowest BCUT2D eigenvalue weighted by Gasteiger charge is -2.31. The third kappa shape index (κ3) is 4.86. The van der Waals surface area contributed by atoms with E-state index in [-0.39, 0.29) is 22.8 Å². The second-order valence-electron chi connectivity index (χ2n) is 10.8. The van der Waals surface area contributed by atoms with E-state index in [0.29, 0.717) is 12.2 Å². The summed E-state index contributed by atoms with van der Waals surface area (Å²) >= 11 is 0. The lowest BCUT2D eigenvalue weighted by atomic mass is 9.84. The van der Waals surface area contributed by atoms with Crippen LogP contribution >= 0.6 is 0 Å². The molecule has 35 heavy (non-hydrogen) atoms. The summed E-state index contributed by atoms with van der Waals surface area (Å²) in [6.45, 7) is 10.9. The number of aryl methyl sites for hydroxylation is 1. The van der Waals surface area contributed by atoms with Crippen LogP contribution in [0.2, 0.25) is 0 Å². The summed E-state index contributed by atoms with van der Waals surface area (Å²) in [5.74, 6) is -0.462. The highest BCUT2D eigenvalue weighted by Gasteiger charge is 2.49. The summed E-state index contributed by atoms with van der Waals surface area (Å²) in [5, 5.41) is 11.6. The van der Waals surface area contributed by atoms with Crippen molar-refractivity contribution < 1.29 is 19.4 Å². The van der Waals surface area contributed by atoms with E-state index in [2.05, 4.69) is 33.8 Å². The van der Waals surface area contributed by atoms with Crippen molar-refractivity contribution in [1.82, 2.24) is 4.90 Å². The van der Waals surface area contributed by atoms with E-state index in [1.165, 1.54) is 0 Å². The van der Waals surface area contributed by atoms with Crippen molar-refractivity contribution >= 4 is 17.4 Å². The zero-order valence-electron chi connectivity index (χ0n) is 21.6. The highest BCUT2D eigenvalue weighted by Crippen LogP contribution is 2.44. The molecule has 0 aromatic heterocycles. The Labute approximate surface area is 208 Å². The van der Waals surface area contributed by atoms with Gasteiger partial charge in [0.2, 0.25) is 0 Å². The number of aliphatic hydroxyl groups is 1. The summed E-state index contributed by atoms with van der Waals surface area (Å²) in [6.07, 6.45) is 4.74. The number of carbonyl (C=O) groups is 2. The fourth-order valence-corrected chi connectivity index (χ4v) is 5.19. The molecule has 1 saturated heterocycles. The van der Waals surface area contributed by atoms with E-state index in [9.17, 15) is 14.7 Å². The first-order valence-corrected chi connectivity index (χ1v) is 12.8. The lowest BCUT2D eigenvalue weighted by Crippen LogP contribution is -2.37. The number of ketones is 1. The van der Waals surface area contributed by atoms with Gasteiger partial charge in [0.25, 0.3) is 11.7 Å². The number of Topliss-reactive ketones (excluding diaryl/α,β-unsaturated/α-hetero) is 1. The second-order valence-corrected chi connectivity index (χ2v) is 10.8. The van der Waals surface area contributed by atoms with Crippen LogP contribution < -0.4 is 4.74 Å². The van der Waals surface area contributed by atoms with Crippen molar-refractivity contribution in [2.75, 3.05) is 6.61 Å². The average Bonchev–Trinajstić information content (AvgIpc) is 3.44. The quantitative estimate of drug-likeness (QED) is 0.296. The van der Waals surface area contributed by atoms with Gasteiger partial charge in [-0.15, -0.1) is 0 Å². The van der Waals surface area contributed by atoms with Crippen LogP contribution in [0.1, 0.15) is 88.1 Å². The molecule has 1 saturated carbocycles. The molecule has 1 heterocycles. The summed E-state index contributed by atoms with van der Waals surface area (Å²) in [4.78, 5) is 28.5. The van der Waals surface area contributed by atoms with Crippen LogP contribution in [0.25, 0.3) is 5.76 Å². The van der Waals surface area contributed by atoms with Gasteiger partial charge < -0.3 is 14.7 Å². The maximum atomic E-state index is 13.4. The molecule has 0 bridgehead atoms. The molecule has 4 rings (SSSR count). The first-order chi connectivity index (χ1) is 16.6. The maximum Gasteiger partial charge on any atom is 0.295 e. The van der Waals surface area contributed by atoms with Crippen LogP contribution in [-0.2, 0) is 15.0 Å². The van der Waals surface area contributed by atoms with Crippen LogP contribution in [0.4, 0.5) is 0 Å². The molecule has 1 aliphatic heterocycles. The van der Waals surface area contributed by atoms with Gasteiger partial charge in [-0.1, -0.05) is 64.8 Å². The Balaban J connectivity index is 1.86. The van der Waals surface area contributed by atoms with Gasteiger partial charge >= 0.3 is 0 Å². The van der Waals surface area contributed by atoms with Crippen LogP contribution in [0, 0.1) is 6.92 Å². The smallest absolute Gasteiger partial charge is 0.295 e. The Hall–Kier alpha value is -3.08. The molecule has 2 aromatic rings. The largest absolute Gasteiger partial charge is 0.507 e. The molecule has 2 aromatic carbocycles. The number of benzene rings is 2. The van der Waals surface area contributed by atoms with Crippen LogP contribution in [-0.4, -0.2) is 34.3 Å². The highest BCUT2D eigenvalue weighted by atomic mass is 16.5. The van der Waals surface area contributed by atoms with Gasteiger partial charge in [0.15, 0.2) is 0 Å². The molecule has 1 N–H and O–H groups in total. The number of rotatable bonds is 6. The third-order valence-corrected chi connectivity index (χ3v) is 7.23. The number of nitrogens with zero attached hydrogens (tertiary/aromatic N) is 1. The first kappa shape index (κ1) is 25.0. The van der Waals surface area contributed by atoms with Crippen molar-refractivity contribution in [3.05, 3.63) is 70.3 Å². The van der Waals surface area contributed by atoms with E-state index in [4.69, 9.17) is 4.74 Å². The fourth-order valence-electron chi connectivity index (χ4n) is 5.19. The standard InChI is InChI=1S/C30H37NO4/c1-6-17-35-23-15-12-20(13-16-23)26-25(28(33)29(34)31(26)22-9-7-8-10-22)27(32)24-18-21(30(3,4)5)14-11-19(24)2/h11-16,18,22,26,32H,6-10,17H2,1-5H3/b27-25+. The SMILES string of the molecule is CCCOc1ccc(C2/C(=C(\O)c3cc(C(C)(C)C)ccc3C)C(=O)C(=O)N2C2CCCC2)cc1. The molecule has 0 spiro atoms. The summed E-state index contributed by atoms with van der Waals surface area (Å²) < 4.78 is 5.74. The van der Waals surface area contributed by atoms with Crippen molar-refractivity contribution in [2.45, 2.75) is 84.2 Å². The predicted octanol–water partition coefficient (Wildman–Crippen LogP) is 6.45. The van der Waals surface area contributed by atoms with Crippen molar-refractivity contribution in [3.8, 4) is 5.75 Å². The molecule has 2 aliphatic rings. The Morgan fingerprint density at radius 3 is 2.31 bits per heavy atom. The number of carbonyl (C=O) groups excluding carboxylic acids is 2. The molecule has 5 heteroatoms. The normalized spacial score (nSPS) is 20.6. The number of amides is 1. The van der Waals surface area contributed by atoms with Crippen LogP contribution in [0.15, 0.2) is 48.0 Å². The molecule has 1 amide bonds. The summed E-state index contributed by atoms with van der Waals surface area (Å²) in [6, 6.07) is 12.9. The minimum Gasteiger partial charge on any atom is -0.507 e. The van der Waals surface area contributed by atoms with E-state index >= 15 is 0 Å². The molecule has 186 valence electrons. The van der Waals surface area contributed by atoms with Gasteiger partial charge in [0.05, 0.1) is 18.2 Å². The van der Waals surface area contributed by atoms with Gasteiger partial charge in [-0.3, -0.25) is 9.59 Å². The van der Waals surface area contributed by atoms with E-state index in [1.807, 2.05) is 43.3 Å². The molecule has 5 nitrogen and oxygen atoms in total. The van der Waals surface area contributed by atoms with E-state index in [0.717, 1.165) is 54.5 Å². The monoisotopic (exact) mass is 475 g/mol. The lowest BCUT2D eigenvalue weighted by molar-refractivity contribution is -0.141. The van der Waals surface area contributed by atoms with Crippen LogP contribution in [0.3, 0.4) is 0 Å². The van der Waals surface area contributed by atoms with Gasteiger partial charge in [-0.25, -0.2) is 0 Å². The van der Waals surface area contributed by atoms with Crippen molar-refractivity contribution in [1.29, 1.82) is 0 Å². The topological polar surface area (TPSA) is 66.8 Å². The molecular formula is C30H37NO4. The van der Waals surface area contributed by atoms with Crippen molar-refractivity contribution in [2.24, 2.45) is 0 Å². The average molecular weight is 476 g/mol. The predicted molar refractivity (Wildman–Crippen MR) is 139 cm³/mol. The summed E-state index contributed by atoms with van der Waals surface area (Å²) in [7, 11) is 0. The molecule has 0 radical (unpaired) electrons. The summed E-state index contributed by atoms with van der Waals surface area (Å²) in [5.41, 5.74) is 3.40. The van der Waals surface area contributed by atoms with Gasteiger partial charge in [-0.05, 0) is 66.5 Å². The Kier molecular flexibility index (Phi) is 7.07. The molecule has 1 unspecified atom stereocenters. The van der Waals surface area contributed by atoms with Gasteiger partial charge in [0.1, 0.15) is 11.5 Å². The molecule has 1 aliphatic carbocycles. The van der Waals surface area contributed by atoms with Crippen molar-refractivity contribution in [3.63, 3.8) is 0 Å². The number of aliphatic hydroxyl groups excluding tert-OH is 1. The van der Waals surface area contributed by atoms with Gasteiger partial charge in [0, 0.05) is 11.6 Å².